The van der Waals surface area contributed by atoms with Crippen molar-refractivity contribution in [2.75, 3.05) is 0 Å². The van der Waals surface area contributed by atoms with Crippen molar-refractivity contribution >= 4 is 5.69 Å². The zero-order valence-corrected chi connectivity index (χ0v) is 10.4. The fourth-order valence-electron chi connectivity index (χ4n) is 1.75. The zero-order chi connectivity index (χ0) is 13.0. The summed E-state index contributed by atoms with van der Waals surface area (Å²) in [5.74, 6) is 0.356. The number of nitro groups is 1. The fraction of sp³-hybridized carbons (Fsp3) is 0.583. The molecule has 17 heavy (non-hydrogen) atoms. The summed E-state index contributed by atoms with van der Waals surface area (Å²) in [4.78, 5) is 14.5. The molecule has 5 heteroatoms. The predicted molar refractivity (Wildman–Crippen MR) is 64.8 cm³/mol. The smallest absolute Gasteiger partial charge is 0.291 e. The second kappa shape index (κ2) is 5.72. The third-order valence-corrected chi connectivity index (χ3v) is 2.45. The molecule has 0 aliphatic rings. The molecule has 1 rings (SSSR count). The molecule has 5 nitrogen and oxygen atoms in total. The summed E-state index contributed by atoms with van der Waals surface area (Å²) in [5, 5.41) is 20.6. The topological polar surface area (TPSA) is 76.3 Å². The first-order valence-corrected chi connectivity index (χ1v) is 5.68. The SMILES string of the molecule is Cc1cnc(CC(O)CC(C)C)c([N+](=O)[O-])c1. The molecule has 1 N–H and O–H groups in total. The molecule has 0 saturated carbocycles. The van der Waals surface area contributed by atoms with Gasteiger partial charge in [0.15, 0.2) is 0 Å². The van der Waals surface area contributed by atoms with Gasteiger partial charge in [0.05, 0.1) is 11.0 Å². The van der Waals surface area contributed by atoms with Gasteiger partial charge < -0.3 is 5.11 Å². The normalized spacial score (nSPS) is 12.8. The largest absolute Gasteiger partial charge is 0.393 e. The van der Waals surface area contributed by atoms with Gasteiger partial charge in [-0.1, -0.05) is 13.8 Å². The molecule has 1 unspecified atom stereocenters. The van der Waals surface area contributed by atoms with Gasteiger partial charge in [-0.3, -0.25) is 15.1 Å². The Labute approximate surface area is 101 Å². The lowest BCUT2D eigenvalue weighted by atomic mass is 10.0. The number of aliphatic hydroxyl groups excluding tert-OH is 1. The van der Waals surface area contributed by atoms with E-state index in [1.54, 1.807) is 13.1 Å². The van der Waals surface area contributed by atoms with Gasteiger partial charge in [-0.05, 0) is 24.8 Å². The summed E-state index contributed by atoms with van der Waals surface area (Å²) in [6.07, 6.45) is 1.86. The van der Waals surface area contributed by atoms with E-state index in [9.17, 15) is 15.2 Å². The Kier molecular flexibility index (Phi) is 4.57. The van der Waals surface area contributed by atoms with E-state index in [4.69, 9.17) is 0 Å². The second-order valence-corrected chi connectivity index (χ2v) is 4.72. The van der Waals surface area contributed by atoms with Crippen molar-refractivity contribution in [3.8, 4) is 0 Å². The Morgan fingerprint density at radius 1 is 1.53 bits per heavy atom. The lowest BCUT2D eigenvalue weighted by molar-refractivity contribution is -0.386. The first-order valence-electron chi connectivity index (χ1n) is 5.68. The van der Waals surface area contributed by atoms with Crippen molar-refractivity contribution in [3.05, 3.63) is 33.6 Å². The van der Waals surface area contributed by atoms with E-state index in [1.165, 1.54) is 6.07 Å². The van der Waals surface area contributed by atoms with Crippen LogP contribution in [-0.4, -0.2) is 21.1 Å². The summed E-state index contributed by atoms with van der Waals surface area (Å²) in [6.45, 7) is 5.76. The minimum atomic E-state index is -0.580. The van der Waals surface area contributed by atoms with Gasteiger partial charge in [0, 0.05) is 18.7 Å². The van der Waals surface area contributed by atoms with Crippen molar-refractivity contribution in [2.24, 2.45) is 5.92 Å². The summed E-state index contributed by atoms with van der Waals surface area (Å²) in [7, 11) is 0. The Hall–Kier alpha value is -1.49. The van der Waals surface area contributed by atoms with Crippen molar-refractivity contribution < 1.29 is 10.0 Å². The van der Waals surface area contributed by atoms with Crippen LogP contribution >= 0.6 is 0 Å². The highest BCUT2D eigenvalue weighted by atomic mass is 16.6. The zero-order valence-electron chi connectivity index (χ0n) is 10.4. The van der Waals surface area contributed by atoms with Crippen molar-refractivity contribution in [1.82, 2.24) is 4.98 Å². The Morgan fingerprint density at radius 3 is 2.71 bits per heavy atom. The highest BCUT2D eigenvalue weighted by Gasteiger charge is 2.19. The van der Waals surface area contributed by atoms with Crippen LogP contribution in [0.2, 0.25) is 0 Å². The number of aryl methyl sites for hydroxylation is 1. The molecule has 0 fully saturated rings. The molecule has 0 aliphatic carbocycles. The molecule has 1 heterocycles. The van der Waals surface area contributed by atoms with Crippen molar-refractivity contribution in [2.45, 2.75) is 39.7 Å². The Bertz CT molecular complexity index is 405. The van der Waals surface area contributed by atoms with E-state index >= 15 is 0 Å². The average molecular weight is 238 g/mol. The van der Waals surface area contributed by atoms with Gasteiger partial charge in [0.1, 0.15) is 5.69 Å². The summed E-state index contributed by atoms with van der Waals surface area (Å²) < 4.78 is 0. The highest BCUT2D eigenvalue weighted by molar-refractivity contribution is 5.38. The summed E-state index contributed by atoms with van der Waals surface area (Å²) in [6, 6.07) is 1.49. The third kappa shape index (κ3) is 4.11. The van der Waals surface area contributed by atoms with Gasteiger partial charge in [0.25, 0.3) is 5.69 Å². The monoisotopic (exact) mass is 238 g/mol. The van der Waals surface area contributed by atoms with Gasteiger partial charge in [-0.25, -0.2) is 0 Å². The molecule has 0 aliphatic heterocycles. The molecule has 0 saturated heterocycles. The minimum Gasteiger partial charge on any atom is -0.393 e. The van der Waals surface area contributed by atoms with Crippen molar-refractivity contribution in [1.29, 1.82) is 0 Å². The standard InChI is InChI=1S/C12H18N2O3/c1-8(2)4-10(15)6-11-12(14(16)17)5-9(3)7-13-11/h5,7-8,10,15H,4,6H2,1-3H3. The number of hydrogen-bond donors (Lipinski definition) is 1. The predicted octanol–water partition coefficient (Wildman–Crippen LogP) is 2.25. The van der Waals surface area contributed by atoms with E-state index < -0.39 is 11.0 Å². The van der Waals surface area contributed by atoms with Crippen LogP contribution in [0.4, 0.5) is 5.69 Å². The molecule has 1 atom stereocenters. The van der Waals surface area contributed by atoms with Crippen LogP contribution in [0.25, 0.3) is 0 Å². The number of nitrogens with zero attached hydrogens (tertiary/aromatic N) is 2. The summed E-state index contributed by atoms with van der Waals surface area (Å²) >= 11 is 0. The molecule has 94 valence electrons. The maximum atomic E-state index is 10.9. The minimum absolute atomic E-state index is 0.00666. The Balaban J connectivity index is 2.86. The number of hydrogen-bond acceptors (Lipinski definition) is 4. The third-order valence-electron chi connectivity index (χ3n) is 2.45. The lowest BCUT2D eigenvalue weighted by Crippen LogP contribution is -2.15. The van der Waals surface area contributed by atoms with E-state index in [0.717, 1.165) is 5.56 Å². The highest BCUT2D eigenvalue weighted by Crippen LogP contribution is 2.20. The quantitative estimate of drug-likeness (QED) is 0.630. The van der Waals surface area contributed by atoms with Crippen LogP contribution in [0.3, 0.4) is 0 Å². The molecule has 0 radical (unpaired) electrons. The van der Waals surface area contributed by atoms with E-state index in [0.29, 0.717) is 18.0 Å². The van der Waals surface area contributed by atoms with Crippen LogP contribution in [0.1, 0.15) is 31.5 Å². The lowest BCUT2D eigenvalue weighted by Gasteiger charge is -2.12. The molecular formula is C12H18N2O3. The molecule has 1 aromatic heterocycles. The first kappa shape index (κ1) is 13.6. The van der Waals surface area contributed by atoms with Crippen LogP contribution in [0.5, 0.6) is 0 Å². The molecule has 1 aromatic rings. The van der Waals surface area contributed by atoms with Crippen LogP contribution < -0.4 is 0 Å². The molecule has 0 aromatic carbocycles. The fourth-order valence-corrected chi connectivity index (χ4v) is 1.75. The van der Waals surface area contributed by atoms with Crippen LogP contribution in [0.15, 0.2) is 12.3 Å². The van der Waals surface area contributed by atoms with E-state index in [2.05, 4.69) is 4.98 Å². The van der Waals surface area contributed by atoms with E-state index in [1.807, 2.05) is 13.8 Å². The number of aromatic nitrogens is 1. The van der Waals surface area contributed by atoms with Gasteiger partial charge in [-0.2, -0.15) is 0 Å². The number of rotatable bonds is 5. The van der Waals surface area contributed by atoms with Crippen LogP contribution in [-0.2, 0) is 6.42 Å². The molecule has 0 bridgehead atoms. The van der Waals surface area contributed by atoms with Crippen molar-refractivity contribution in [3.63, 3.8) is 0 Å². The van der Waals surface area contributed by atoms with Gasteiger partial charge >= 0.3 is 0 Å². The van der Waals surface area contributed by atoms with Gasteiger partial charge in [-0.15, -0.1) is 0 Å². The second-order valence-electron chi connectivity index (χ2n) is 4.72. The average Bonchev–Trinajstić information content (AvgIpc) is 2.19. The number of aliphatic hydroxyl groups is 1. The summed E-state index contributed by atoms with van der Waals surface area (Å²) in [5.41, 5.74) is 1.10. The molecule has 0 amide bonds. The molecular weight excluding hydrogens is 220 g/mol. The molecule has 0 spiro atoms. The maximum absolute atomic E-state index is 10.9. The van der Waals surface area contributed by atoms with E-state index in [-0.39, 0.29) is 12.1 Å². The number of pyridine rings is 1. The van der Waals surface area contributed by atoms with Crippen LogP contribution in [0, 0.1) is 23.0 Å². The van der Waals surface area contributed by atoms with Gasteiger partial charge in [0.2, 0.25) is 0 Å². The maximum Gasteiger partial charge on any atom is 0.291 e. The Morgan fingerprint density at radius 2 is 2.18 bits per heavy atom. The first-order chi connectivity index (χ1) is 7.90.